The Balaban J connectivity index is 1.39. The zero-order valence-electron chi connectivity index (χ0n) is 18.6. The van der Waals surface area contributed by atoms with E-state index in [1.54, 1.807) is 31.2 Å². The Morgan fingerprint density at radius 3 is 2.82 bits per heavy atom. The van der Waals surface area contributed by atoms with Crippen LogP contribution in [0.5, 0.6) is 5.75 Å². The number of carbonyl (C=O) groups is 2. The first-order valence-electron chi connectivity index (χ1n) is 10.9. The number of amides is 1. The first-order valence-corrected chi connectivity index (χ1v) is 11.7. The molecule has 2 heterocycles. The Morgan fingerprint density at radius 2 is 2.06 bits per heavy atom. The SMILES string of the molecule is CC1=NN(c2ccc3c(c2)C(C)CC3)C(=O)C1=NNc1cccc(-c2ccc(C(=O)O)s2)c1O. The molecule has 2 aromatic carbocycles. The quantitative estimate of drug-likeness (QED) is 0.353. The summed E-state index contributed by atoms with van der Waals surface area (Å²) >= 11 is 1.06. The van der Waals surface area contributed by atoms with E-state index in [1.165, 1.54) is 22.2 Å². The van der Waals surface area contributed by atoms with Crippen molar-refractivity contribution in [1.82, 2.24) is 0 Å². The van der Waals surface area contributed by atoms with Crippen molar-refractivity contribution < 1.29 is 19.8 Å². The molecule has 0 radical (unpaired) electrons. The molecule has 1 aromatic heterocycles. The van der Waals surface area contributed by atoms with Gasteiger partial charge in [0.05, 0.1) is 17.1 Å². The van der Waals surface area contributed by atoms with E-state index in [2.05, 4.69) is 28.6 Å². The maximum absolute atomic E-state index is 13.1. The van der Waals surface area contributed by atoms with Crippen LogP contribution in [0.2, 0.25) is 0 Å². The van der Waals surface area contributed by atoms with E-state index in [1.807, 2.05) is 12.1 Å². The molecule has 1 unspecified atom stereocenters. The van der Waals surface area contributed by atoms with Crippen molar-refractivity contribution in [2.45, 2.75) is 32.6 Å². The normalized spacial score (nSPS) is 18.4. The van der Waals surface area contributed by atoms with Crippen molar-refractivity contribution in [1.29, 1.82) is 0 Å². The molecule has 0 spiro atoms. The van der Waals surface area contributed by atoms with Crippen LogP contribution in [0.3, 0.4) is 0 Å². The second-order valence-corrected chi connectivity index (χ2v) is 9.45. The number of benzene rings is 2. The van der Waals surface area contributed by atoms with E-state index in [9.17, 15) is 14.7 Å². The highest BCUT2D eigenvalue weighted by Gasteiger charge is 2.32. The predicted molar refractivity (Wildman–Crippen MR) is 133 cm³/mol. The molecule has 0 saturated heterocycles. The monoisotopic (exact) mass is 474 g/mol. The minimum Gasteiger partial charge on any atom is -0.505 e. The van der Waals surface area contributed by atoms with Gasteiger partial charge < -0.3 is 10.2 Å². The van der Waals surface area contributed by atoms with Gasteiger partial charge in [0.1, 0.15) is 10.6 Å². The number of hydrogen-bond donors (Lipinski definition) is 3. The molecule has 1 amide bonds. The van der Waals surface area contributed by atoms with Crippen LogP contribution in [0.25, 0.3) is 10.4 Å². The van der Waals surface area contributed by atoms with Gasteiger partial charge in [-0.25, -0.2) is 4.79 Å². The molecule has 2 aliphatic rings. The molecule has 5 rings (SSSR count). The van der Waals surface area contributed by atoms with Crippen LogP contribution in [0, 0.1) is 0 Å². The van der Waals surface area contributed by atoms with Crippen molar-refractivity contribution in [2.75, 3.05) is 10.4 Å². The van der Waals surface area contributed by atoms with E-state index in [0.717, 1.165) is 24.2 Å². The lowest BCUT2D eigenvalue weighted by Crippen LogP contribution is -2.28. The summed E-state index contributed by atoms with van der Waals surface area (Å²) in [5, 5.41) is 29.9. The van der Waals surface area contributed by atoms with Crippen molar-refractivity contribution in [2.24, 2.45) is 10.2 Å². The van der Waals surface area contributed by atoms with Crippen LogP contribution in [0.1, 0.15) is 47.0 Å². The number of rotatable bonds is 5. The largest absolute Gasteiger partial charge is 0.505 e. The molecule has 1 aliphatic heterocycles. The van der Waals surface area contributed by atoms with E-state index < -0.39 is 5.97 Å². The van der Waals surface area contributed by atoms with Crippen LogP contribution >= 0.6 is 11.3 Å². The Labute approximate surface area is 199 Å². The Bertz CT molecular complexity index is 1390. The fourth-order valence-corrected chi connectivity index (χ4v) is 5.15. The highest BCUT2D eigenvalue weighted by Crippen LogP contribution is 2.39. The van der Waals surface area contributed by atoms with Gasteiger partial charge in [0.15, 0.2) is 5.71 Å². The van der Waals surface area contributed by atoms with Gasteiger partial charge in [-0.1, -0.05) is 19.1 Å². The van der Waals surface area contributed by atoms with Gasteiger partial charge in [-0.3, -0.25) is 10.2 Å². The third-order valence-corrected chi connectivity index (χ3v) is 7.25. The van der Waals surface area contributed by atoms with E-state index >= 15 is 0 Å². The van der Waals surface area contributed by atoms with Crippen LogP contribution in [-0.2, 0) is 11.2 Å². The number of hydrogen-bond acceptors (Lipinski definition) is 7. The van der Waals surface area contributed by atoms with E-state index in [4.69, 9.17) is 5.11 Å². The first-order chi connectivity index (χ1) is 16.3. The molecule has 34 heavy (non-hydrogen) atoms. The molecule has 1 aliphatic carbocycles. The fourth-order valence-electron chi connectivity index (χ4n) is 4.28. The third kappa shape index (κ3) is 3.73. The maximum Gasteiger partial charge on any atom is 0.345 e. The number of aromatic carboxylic acids is 1. The highest BCUT2D eigenvalue weighted by molar-refractivity contribution is 7.17. The van der Waals surface area contributed by atoms with Crippen LogP contribution < -0.4 is 10.4 Å². The Hall–Kier alpha value is -3.98. The minimum absolute atomic E-state index is 0.0878. The van der Waals surface area contributed by atoms with Gasteiger partial charge in [0.2, 0.25) is 0 Å². The number of para-hydroxylation sites is 1. The average Bonchev–Trinajstić information content (AvgIpc) is 3.52. The summed E-state index contributed by atoms with van der Waals surface area (Å²) in [6.45, 7) is 3.90. The first kappa shape index (κ1) is 21.8. The van der Waals surface area contributed by atoms with Gasteiger partial charge in [-0.15, -0.1) is 11.3 Å². The van der Waals surface area contributed by atoms with Crippen molar-refractivity contribution >= 4 is 46.0 Å². The number of carboxylic acids is 1. The highest BCUT2D eigenvalue weighted by atomic mass is 32.1. The van der Waals surface area contributed by atoms with Crippen molar-refractivity contribution in [3.05, 3.63) is 64.5 Å². The summed E-state index contributed by atoms with van der Waals surface area (Å²) in [4.78, 5) is 25.1. The molecule has 1 atom stereocenters. The topological polar surface area (TPSA) is 115 Å². The summed E-state index contributed by atoms with van der Waals surface area (Å²) < 4.78 is 0. The molecule has 0 fully saturated rings. The summed E-state index contributed by atoms with van der Waals surface area (Å²) in [7, 11) is 0. The second kappa shape index (κ2) is 8.42. The number of hydrazone groups is 2. The summed E-state index contributed by atoms with van der Waals surface area (Å²) in [5.41, 5.74) is 7.43. The Morgan fingerprint density at radius 1 is 1.24 bits per heavy atom. The summed E-state index contributed by atoms with van der Waals surface area (Å²) in [5.74, 6) is -1.00. The molecule has 8 nitrogen and oxygen atoms in total. The summed E-state index contributed by atoms with van der Waals surface area (Å²) in [6, 6.07) is 14.2. The summed E-state index contributed by atoms with van der Waals surface area (Å²) in [6.07, 6.45) is 2.16. The Kier molecular flexibility index (Phi) is 5.41. The molecule has 3 aromatic rings. The molecular weight excluding hydrogens is 452 g/mol. The van der Waals surface area contributed by atoms with E-state index in [-0.39, 0.29) is 22.2 Å². The zero-order valence-corrected chi connectivity index (χ0v) is 19.4. The third-order valence-electron chi connectivity index (χ3n) is 6.15. The van der Waals surface area contributed by atoms with Gasteiger partial charge in [0.25, 0.3) is 0 Å². The number of thiophene rings is 1. The molecule has 3 N–H and O–H groups in total. The number of phenolic OH excluding ortho intramolecular Hbond substituents is 1. The van der Waals surface area contributed by atoms with Crippen LogP contribution in [0.4, 0.5) is 11.4 Å². The van der Waals surface area contributed by atoms with Crippen molar-refractivity contribution in [3.8, 4) is 16.2 Å². The number of aryl methyl sites for hydroxylation is 1. The number of fused-ring (bicyclic) bond motifs is 1. The molecule has 172 valence electrons. The lowest BCUT2D eigenvalue weighted by molar-refractivity contribution is -0.112. The number of nitrogens with zero attached hydrogens (tertiary/aromatic N) is 3. The number of carboxylic acid groups (broad SMARTS) is 1. The lowest BCUT2D eigenvalue weighted by Gasteiger charge is -2.14. The standard InChI is InChI=1S/C25H22N4O4S/c1-13-6-7-15-8-9-16(12-18(13)15)29-24(31)22(14(2)28-29)27-26-19-5-3-4-17(23(19)30)20-10-11-21(34-20)25(32)33/h3-5,8-13,26,30H,6-7H2,1-2H3,(H,32,33). The van der Waals surface area contributed by atoms with Crippen LogP contribution in [0.15, 0.2) is 58.7 Å². The zero-order chi connectivity index (χ0) is 24.0. The van der Waals surface area contributed by atoms with Gasteiger partial charge >= 0.3 is 11.9 Å². The number of anilines is 2. The fraction of sp³-hybridized carbons (Fsp3) is 0.200. The molecule has 0 bridgehead atoms. The smallest absolute Gasteiger partial charge is 0.345 e. The molecule has 9 heteroatoms. The number of phenols is 1. The predicted octanol–water partition coefficient (Wildman–Crippen LogP) is 5.06. The minimum atomic E-state index is -1.02. The van der Waals surface area contributed by atoms with Gasteiger partial charge in [-0.2, -0.15) is 15.2 Å². The molecular formula is C25H22N4O4S. The molecule has 0 saturated carbocycles. The second-order valence-electron chi connectivity index (χ2n) is 8.37. The van der Waals surface area contributed by atoms with Gasteiger partial charge in [-0.05, 0) is 73.2 Å². The van der Waals surface area contributed by atoms with Crippen molar-refractivity contribution in [3.63, 3.8) is 0 Å². The average molecular weight is 475 g/mol. The number of aromatic hydroxyl groups is 1. The van der Waals surface area contributed by atoms with Crippen LogP contribution in [-0.4, -0.2) is 33.5 Å². The number of carbonyl (C=O) groups excluding carboxylic acids is 1. The number of nitrogens with one attached hydrogen (secondary N) is 1. The lowest BCUT2D eigenvalue weighted by atomic mass is 10.0. The van der Waals surface area contributed by atoms with E-state index in [0.29, 0.717) is 33.4 Å². The maximum atomic E-state index is 13.1. The van der Waals surface area contributed by atoms with Gasteiger partial charge in [0, 0.05) is 10.4 Å².